The van der Waals surface area contributed by atoms with Crippen molar-refractivity contribution in [2.45, 2.75) is 26.3 Å². The van der Waals surface area contributed by atoms with Crippen molar-refractivity contribution in [3.05, 3.63) is 29.7 Å². The van der Waals surface area contributed by atoms with Crippen molar-refractivity contribution in [2.24, 2.45) is 5.73 Å². The lowest BCUT2D eigenvalue weighted by Crippen LogP contribution is -2.17. The van der Waals surface area contributed by atoms with Gasteiger partial charge in [0, 0.05) is 24.0 Å². The quantitative estimate of drug-likeness (QED) is 0.766. The van der Waals surface area contributed by atoms with Gasteiger partial charge in [0.2, 0.25) is 0 Å². The summed E-state index contributed by atoms with van der Waals surface area (Å²) >= 11 is 0. The predicted octanol–water partition coefficient (Wildman–Crippen LogP) is 0.927. The molecule has 0 bridgehead atoms. The first-order chi connectivity index (χ1) is 6.66. The Balaban J connectivity index is 2.47. The number of nitrogens with zero attached hydrogens (tertiary/aromatic N) is 3. The first kappa shape index (κ1) is 9.15. The third-order valence-corrected chi connectivity index (χ3v) is 2.10. The topological polar surface area (TPSA) is 56.2 Å². The molecule has 0 aliphatic rings. The van der Waals surface area contributed by atoms with Gasteiger partial charge in [-0.25, -0.2) is 9.50 Å². The van der Waals surface area contributed by atoms with E-state index in [0.717, 1.165) is 23.2 Å². The maximum Gasteiger partial charge on any atom is 0.158 e. The Hall–Kier alpha value is -1.42. The summed E-state index contributed by atoms with van der Waals surface area (Å²) < 4.78 is 1.80. The monoisotopic (exact) mass is 190 g/mol. The molecule has 0 aromatic carbocycles. The van der Waals surface area contributed by atoms with E-state index in [1.807, 2.05) is 32.4 Å². The molecule has 0 saturated carbocycles. The molecule has 0 saturated heterocycles. The summed E-state index contributed by atoms with van der Waals surface area (Å²) in [6.07, 6.45) is 6.47. The molecular formula is C10H14N4. The highest BCUT2D eigenvalue weighted by atomic mass is 15.2. The average Bonchev–Trinajstić information content (AvgIpc) is 2.47. The smallest absolute Gasteiger partial charge is 0.158 e. The molecule has 2 N–H and O–H groups in total. The highest BCUT2D eigenvalue weighted by molar-refractivity contribution is 5.46. The molecule has 0 fully saturated rings. The summed E-state index contributed by atoms with van der Waals surface area (Å²) in [5, 5.41) is 4.23. The van der Waals surface area contributed by atoms with Crippen molar-refractivity contribution in [2.75, 3.05) is 0 Å². The maximum atomic E-state index is 5.74. The van der Waals surface area contributed by atoms with Gasteiger partial charge in [-0.05, 0) is 25.8 Å². The van der Waals surface area contributed by atoms with E-state index in [4.69, 9.17) is 5.73 Å². The second-order valence-corrected chi connectivity index (χ2v) is 3.75. The predicted molar refractivity (Wildman–Crippen MR) is 55.1 cm³/mol. The number of aryl methyl sites for hydroxylation is 1. The van der Waals surface area contributed by atoms with E-state index in [0.29, 0.717) is 0 Å². The fourth-order valence-electron chi connectivity index (χ4n) is 1.51. The summed E-state index contributed by atoms with van der Waals surface area (Å²) in [6.45, 7) is 3.98. The number of hydrogen-bond acceptors (Lipinski definition) is 3. The molecule has 0 radical (unpaired) electrons. The molecular weight excluding hydrogens is 176 g/mol. The Kier molecular flexibility index (Phi) is 2.21. The van der Waals surface area contributed by atoms with E-state index >= 15 is 0 Å². The molecule has 14 heavy (non-hydrogen) atoms. The van der Waals surface area contributed by atoms with Gasteiger partial charge < -0.3 is 5.73 Å². The van der Waals surface area contributed by atoms with Crippen molar-refractivity contribution in [3.8, 4) is 0 Å². The largest absolute Gasteiger partial charge is 0.328 e. The molecule has 2 aromatic heterocycles. The highest BCUT2D eigenvalue weighted by Crippen LogP contribution is 2.09. The van der Waals surface area contributed by atoms with Crippen molar-refractivity contribution in [3.63, 3.8) is 0 Å². The van der Waals surface area contributed by atoms with Crippen LogP contribution in [0.4, 0.5) is 0 Å². The number of fused-ring (bicyclic) bond motifs is 1. The van der Waals surface area contributed by atoms with Gasteiger partial charge in [0.1, 0.15) is 0 Å². The third kappa shape index (κ3) is 1.61. The molecule has 2 rings (SSSR count). The SMILES string of the molecule is Cc1cnc2c(CC(C)N)cnn2c1. The molecule has 2 heterocycles. The van der Waals surface area contributed by atoms with Gasteiger partial charge in [-0.3, -0.25) is 0 Å². The van der Waals surface area contributed by atoms with Crippen LogP contribution in [0.2, 0.25) is 0 Å². The van der Waals surface area contributed by atoms with E-state index in [-0.39, 0.29) is 6.04 Å². The van der Waals surface area contributed by atoms with Gasteiger partial charge in [-0.1, -0.05) is 0 Å². The Labute approximate surface area is 82.8 Å². The van der Waals surface area contributed by atoms with Gasteiger partial charge in [-0.15, -0.1) is 0 Å². The molecule has 1 atom stereocenters. The summed E-state index contributed by atoms with van der Waals surface area (Å²) in [5.74, 6) is 0. The van der Waals surface area contributed by atoms with Crippen molar-refractivity contribution in [1.29, 1.82) is 0 Å². The maximum absolute atomic E-state index is 5.74. The number of nitrogens with two attached hydrogens (primary N) is 1. The van der Waals surface area contributed by atoms with E-state index < -0.39 is 0 Å². The van der Waals surface area contributed by atoms with Crippen LogP contribution in [0.3, 0.4) is 0 Å². The van der Waals surface area contributed by atoms with E-state index in [1.165, 1.54) is 0 Å². The van der Waals surface area contributed by atoms with E-state index in [2.05, 4.69) is 10.1 Å². The van der Waals surface area contributed by atoms with Crippen LogP contribution >= 0.6 is 0 Å². The zero-order chi connectivity index (χ0) is 10.1. The van der Waals surface area contributed by atoms with Crippen molar-refractivity contribution in [1.82, 2.24) is 14.6 Å². The van der Waals surface area contributed by atoms with Crippen LogP contribution in [0.5, 0.6) is 0 Å². The molecule has 0 spiro atoms. The van der Waals surface area contributed by atoms with Crippen LogP contribution in [0.25, 0.3) is 5.65 Å². The molecule has 74 valence electrons. The molecule has 4 nitrogen and oxygen atoms in total. The minimum absolute atomic E-state index is 0.145. The fraction of sp³-hybridized carbons (Fsp3) is 0.400. The van der Waals surface area contributed by atoms with Gasteiger partial charge in [-0.2, -0.15) is 5.10 Å². The first-order valence-electron chi connectivity index (χ1n) is 4.71. The van der Waals surface area contributed by atoms with E-state index in [1.54, 1.807) is 4.52 Å². The second-order valence-electron chi connectivity index (χ2n) is 3.75. The highest BCUT2D eigenvalue weighted by Gasteiger charge is 2.06. The third-order valence-electron chi connectivity index (χ3n) is 2.10. The summed E-state index contributed by atoms with van der Waals surface area (Å²) in [6, 6.07) is 0.145. The number of hydrogen-bond donors (Lipinski definition) is 1. The van der Waals surface area contributed by atoms with Crippen LogP contribution in [-0.4, -0.2) is 20.6 Å². The lowest BCUT2D eigenvalue weighted by Gasteiger charge is -2.02. The molecule has 0 aliphatic carbocycles. The molecule has 1 unspecified atom stereocenters. The number of aromatic nitrogens is 3. The minimum atomic E-state index is 0.145. The van der Waals surface area contributed by atoms with Gasteiger partial charge in [0.05, 0.1) is 6.20 Å². The zero-order valence-corrected chi connectivity index (χ0v) is 8.44. The Bertz CT molecular complexity index is 444. The molecule has 0 amide bonds. The van der Waals surface area contributed by atoms with Crippen LogP contribution in [0.1, 0.15) is 18.1 Å². The van der Waals surface area contributed by atoms with Crippen LogP contribution in [-0.2, 0) is 6.42 Å². The van der Waals surface area contributed by atoms with Gasteiger partial charge in [0.25, 0.3) is 0 Å². The Morgan fingerprint density at radius 2 is 2.29 bits per heavy atom. The molecule has 4 heteroatoms. The lowest BCUT2D eigenvalue weighted by molar-refractivity contribution is 0.740. The Morgan fingerprint density at radius 1 is 1.50 bits per heavy atom. The summed E-state index contributed by atoms with van der Waals surface area (Å²) in [7, 11) is 0. The molecule has 2 aromatic rings. The van der Waals surface area contributed by atoms with Crippen molar-refractivity contribution < 1.29 is 0 Å². The van der Waals surface area contributed by atoms with E-state index in [9.17, 15) is 0 Å². The first-order valence-corrected chi connectivity index (χ1v) is 4.71. The zero-order valence-electron chi connectivity index (χ0n) is 8.44. The molecule has 0 aliphatic heterocycles. The van der Waals surface area contributed by atoms with Crippen LogP contribution < -0.4 is 5.73 Å². The Morgan fingerprint density at radius 3 is 3.00 bits per heavy atom. The van der Waals surface area contributed by atoms with Crippen molar-refractivity contribution >= 4 is 5.65 Å². The average molecular weight is 190 g/mol. The fourth-order valence-corrected chi connectivity index (χ4v) is 1.51. The normalized spacial score (nSPS) is 13.4. The standard InChI is InChI=1S/C10H14N4/c1-7-4-12-10-9(3-8(2)11)5-13-14(10)6-7/h4-6,8H,3,11H2,1-2H3. The summed E-state index contributed by atoms with van der Waals surface area (Å²) in [5.41, 5.74) is 8.87. The lowest BCUT2D eigenvalue weighted by atomic mass is 10.1. The second kappa shape index (κ2) is 3.38. The van der Waals surface area contributed by atoms with Gasteiger partial charge in [0.15, 0.2) is 5.65 Å². The minimum Gasteiger partial charge on any atom is -0.328 e. The van der Waals surface area contributed by atoms with Crippen LogP contribution in [0.15, 0.2) is 18.6 Å². The van der Waals surface area contributed by atoms with Gasteiger partial charge >= 0.3 is 0 Å². The van der Waals surface area contributed by atoms with Crippen LogP contribution in [0, 0.1) is 6.92 Å². The summed E-state index contributed by atoms with van der Waals surface area (Å²) in [4.78, 5) is 4.34. The number of rotatable bonds is 2.